The fourth-order valence-electron chi connectivity index (χ4n) is 7.61. The number of imidazole rings is 2. The molecule has 2 aromatic heterocycles. The van der Waals surface area contributed by atoms with Gasteiger partial charge in [0.2, 0.25) is 0 Å². The number of ether oxygens (including phenoxy) is 2. The van der Waals surface area contributed by atoms with Gasteiger partial charge in [-0.1, -0.05) is 126 Å². The van der Waals surface area contributed by atoms with Gasteiger partial charge in [0.15, 0.2) is 8.32 Å². The summed E-state index contributed by atoms with van der Waals surface area (Å²) in [6.07, 6.45) is 5.61. The van der Waals surface area contributed by atoms with Crippen molar-refractivity contribution in [1.29, 1.82) is 10.5 Å². The SMILES string of the molecule is C.C.CC(C)(C)[Si](C)(C)OCC=O.CC(C)Oc1ccc(C(=O)NN(CCO)Cc2ccc(-c3cn(C)c(C(C)(C)C)n3)cc2)cc1C#N.CC(C)Oc1ccc(C(=O)NN)cc1C#N.Cn1cc(-c2ccc(C=O)cc2)nc1C(C)(C)C. The molecular formula is C64H92N10O8Si. The standard InChI is InChI=1S/C28H35N5O3.C15H18N2O.C11H13N3O2.C8H18O2Si.2CH4/c1-19(2)36-25-12-11-22(15-23(25)16-29)26(35)31-33(13-14-34)17-20-7-9-21(10-8-20)24-18-32(6)27(30-24)28(3,4)5;1-15(2,3)14-16-13(9-17(14)4)12-7-5-11(10-18)6-8-12;1-7(2)16-10-4-3-8(11(15)14-13)5-9(10)6-12;1-8(2,3)11(4,5)10-7-6-9;;/h7-12,15,18-19,34H,13-14,17H2,1-6H3,(H,31,35);5-10H,1-4H3;3-5,7H,13H2,1-2H3,(H,14,15);6H,7H2,1-5H3;2*1H4. The summed E-state index contributed by atoms with van der Waals surface area (Å²) in [6, 6.07) is 28.9. The van der Waals surface area contributed by atoms with E-state index in [-0.39, 0.29) is 68.6 Å². The van der Waals surface area contributed by atoms with Crippen LogP contribution in [0.3, 0.4) is 0 Å². The molecule has 0 unspecified atom stereocenters. The Morgan fingerprint density at radius 1 is 0.711 bits per heavy atom. The lowest BCUT2D eigenvalue weighted by atomic mass is 9.96. The Hall–Kier alpha value is -7.78. The molecule has 18 nitrogen and oxygen atoms in total. The van der Waals surface area contributed by atoms with Crippen LogP contribution in [-0.4, -0.2) is 93.9 Å². The Morgan fingerprint density at radius 3 is 1.47 bits per heavy atom. The third kappa shape index (κ3) is 22.5. The summed E-state index contributed by atoms with van der Waals surface area (Å²) in [4.78, 5) is 54.3. The van der Waals surface area contributed by atoms with E-state index >= 15 is 0 Å². The van der Waals surface area contributed by atoms with Crippen LogP contribution in [0.15, 0.2) is 97.3 Å². The van der Waals surface area contributed by atoms with E-state index in [0.29, 0.717) is 45.9 Å². The number of nitrogens with one attached hydrogen (secondary N) is 2. The first-order chi connectivity index (χ1) is 37.8. The van der Waals surface area contributed by atoms with Crippen molar-refractivity contribution in [1.82, 2.24) is 35.0 Å². The Labute approximate surface area is 495 Å². The molecule has 4 aromatic carbocycles. The Balaban J connectivity index is 0.000000614. The van der Waals surface area contributed by atoms with Crippen LogP contribution < -0.4 is 26.2 Å². The molecule has 0 aliphatic heterocycles. The van der Waals surface area contributed by atoms with Gasteiger partial charge in [-0.25, -0.2) is 20.8 Å². The fourth-order valence-corrected chi connectivity index (χ4v) is 8.53. The molecule has 2 heterocycles. The number of aryl methyl sites for hydroxylation is 2. The van der Waals surface area contributed by atoms with E-state index in [1.165, 1.54) is 12.1 Å². The predicted molar refractivity (Wildman–Crippen MR) is 333 cm³/mol. The molecule has 19 heteroatoms. The van der Waals surface area contributed by atoms with Gasteiger partial charge in [-0.15, -0.1) is 0 Å². The number of carbonyl (C=O) groups is 4. The summed E-state index contributed by atoms with van der Waals surface area (Å²) in [7, 11) is 2.36. The highest BCUT2D eigenvalue weighted by Gasteiger charge is 2.37. The number of hydrogen-bond donors (Lipinski definition) is 4. The summed E-state index contributed by atoms with van der Waals surface area (Å²) < 4.78 is 20.7. The maximum atomic E-state index is 12.9. The van der Waals surface area contributed by atoms with Gasteiger partial charge in [-0.05, 0) is 87.8 Å². The minimum atomic E-state index is -1.66. The number of hydrazine groups is 2. The number of nitrogens with zero attached hydrogens (tertiary/aromatic N) is 7. The van der Waals surface area contributed by atoms with Crippen molar-refractivity contribution in [2.24, 2.45) is 19.9 Å². The third-order valence-electron chi connectivity index (χ3n) is 12.6. The predicted octanol–water partition coefficient (Wildman–Crippen LogP) is 11.8. The van der Waals surface area contributed by atoms with E-state index in [1.54, 1.807) is 29.3 Å². The van der Waals surface area contributed by atoms with Crippen LogP contribution in [0.2, 0.25) is 18.1 Å². The quantitative estimate of drug-likeness (QED) is 0.0218. The molecule has 0 aliphatic rings. The number of nitrogens with two attached hydrogens (primary N) is 1. The summed E-state index contributed by atoms with van der Waals surface area (Å²) >= 11 is 0. The molecule has 0 saturated heterocycles. The second-order valence-electron chi connectivity index (χ2n) is 23.3. The maximum absolute atomic E-state index is 12.9. The molecule has 0 fully saturated rings. The van der Waals surface area contributed by atoms with E-state index < -0.39 is 14.2 Å². The molecule has 2 amide bonds. The number of amides is 2. The number of aliphatic hydroxyl groups is 1. The number of aromatic nitrogens is 4. The van der Waals surface area contributed by atoms with Gasteiger partial charge in [0, 0.05) is 78.2 Å². The number of carbonyl (C=O) groups excluding carboxylic acids is 4. The third-order valence-corrected chi connectivity index (χ3v) is 17.1. The minimum Gasteiger partial charge on any atom is -0.490 e. The number of hydrogen-bond acceptors (Lipinski definition) is 14. The van der Waals surface area contributed by atoms with Gasteiger partial charge >= 0.3 is 0 Å². The lowest BCUT2D eigenvalue weighted by Crippen LogP contribution is -2.43. The van der Waals surface area contributed by atoms with Gasteiger partial charge < -0.3 is 32.9 Å². The van der Waals surface area contributed by atoms with Crippen LogP contribution in [0.1, 0.15) is 164 Å². The smallest absolute Gasteiger partial charge is 0.265 e. The van der Waals surface area contributed by atoms with Crippen molar-refractivity contribution >= 4 is 32.7 Å². The molecule has 0 atom stereocenters. The number of aldehydes is 2. The number of nitrogen functional groups attached to an aromatic ring is 1. The largest absolute Gasteiger partial charge is 0.490 e. The highest BCUT2D eigenvalue weighted by Crippen LogP contribution is 2.36. The van der Waals surface area contributed by atoms with Crippen LogP contribution in [0.4, 0.5) is 0 Å². The fraction of sp³-hybridized carbons (Fsp3) is 0.438. The summed E-state index contributed by atoms with van der Waals surface area (Å²) in [5.74, 6) is 7.17. The lowest BCUT2D eigenvalue weighted by molar-refractivity contribution is -0.109. The van der Waals surface area contributed by atoms with Gasteiger partial charge in [0.1, 0.15) is 47.9 Å². The van der Waals surface area contributed by atoms with Gasteiger partial charge in [-0.3, -0.25) is 25.2 Å². The van der Waals surface area contributed by atoms with Crippen LogP contribution in [-0.2, 0) is 40.7 Å². The summed E-state index contributed by atoms with van der Waals surface area (Å²) in [5, 5.41) is 29.7. The molecule has 0 radical (unpaired) electrons. The molecule has 0 spiro atoms. The Morgan fingerprint density at radius 2 is 1.13 bits per heavy atom. The first-order valence-electron chi connectivity index (χ1n) is 26.7. The second-order valence-corrected chi connectivity index (χ2v) is 28.1. The van der Waals surface area contributed by atoms with Crippen LogP contribution in [0.5, 0.6) is 11.5 Å². The zero-order valence-corrected chi connectivity index (χ0v) is 51.4. The zero-order valence-electron chi connectivity index (χ0n) is 50.4. The van der Waals surface area contributed by atoms with E-state index in [1.807, 2.05) is 114 Å². The number of nitriles is 2. The van der Waals surface area contributed by atoms with Gasteiger partial charge in [0.25, 0.3) is 11.8 Å². The number of rotatable bonds is 17. The highest BCUT2D eigenvalue weighted by atomic mass is 28.4. The second kappa shape index (κ2) is 32.8. The van der Waals surface area contributed by atoms with Crippen LogP contribution in [0, 0.1) is 22.7 Å². The van der Waals surface area contributed by atoms with E-state index in [0.717, 1.165) is 52.3 Å². The van der Waals surface area contributed by atoms with Crippen molar-refractivity contribution in [3.8, 4) is 46.2 Å². The first-order valence-corrected chi connectivity index (χ1v) is 29.6. The van der Waals surface area contributed by atoms with Crippen molar-refractivity contribution in [2.45, 2.75) is 153 Å². The van der Waals surface area contributed by atoms with Crippen molar-refractivity contribution in [2.75, 3.05) is 19.8 Å². The maximum Gasteiger partial charge on any atom is 0.265 e. The molecule has 450 valence electrons. The van der Waals surface area contributed by atoms with E-state index in [4.69, 9.17) is 30.0 Å². The summed E-state index contributed by atoms with van der Waals surface area (Å²) in [6.45, 7) is 31.9. The Bertz CT molecular complexity index is 3110. The number of aliphatic hydroxyl groups excluding tert-OH is 1. The average Bonchev–Trinajstić information content (AvgIpc) is 3.76. The lowest BCUT2D eigenvalue weighted by Gasteiger charge is -2.35. The normalized spacial score (nSPS) is 11.1. The van der Waals surface area contributed by atoms with Crippen LogP contribution >= 0.6 is 0 Å². The molecule has 5 N–H and O–H groups in total. The zero-order chi connectivity index (χ0) is 61.0. The minimum absolute atomic E-state index is 0. The monoisotopic (exact) mass is 1160 g/mol. The van der Waals surface area contributed by atoms with Crippen molar-refractivity contribution in [3.05, 3.63) is 142 Å². The van der Waals surface area contributed by atoms with Crippen molar-refractivity contribution < 1.29 is 38.2 Å². The van der Waals surface area contributed by atoms with Gasteiger partial charge in [0.05, 0.1) is 47.9 Å². The molecule has 6 aromatic rings. The molecule has 0 aliphatic carbocycles. The topological polar surface area (TPSA) is 253 Å². The average molecular weight is 1160 g/mol. The molecule has 6 rings (SSSR count). The molecule has 83 heavy (non-hydrogen) atoms. The summed E-state index contributed by atoms with van der Waals surface area (Å²) in [5.41, 5.74) is 11.6. The van der Waals surface area contributed by atoms with Gasteiger partial charge in [-0.2, -0.15) is 10.5 Å². The van der Waals surface area contributed by atoms with E-state index in [2.05, 4.69) is 101 Å². The first kappa shape index (κ1) is 73.2. The Kier molecular flexibility index (Phi) is 28.9. The van der Waals surface area contributed by atoms with Crippen LogP contribution in [0.25, 0.3) is 22.5 Å². The number of benzene rings is 4. The highest BCUT2D eigenvalue weighted by molar-refractivity contribution is 6.74. The van der Waals surface area contributed by atoms with Crippen molar-refractivity contribution in [3.63, 3.8) is 0 Å². The molecule has 0 saturated carbocycles. The molecule has 0 bridgehead atoms. The molecular weight excluding hydrogens is 1060 g/mol. The van der Waals surface area contributed by atoms with E-state index in [9.17, 15) is 29.5 Å².